The van der Waals surface area contributed by atoms with E-state index < -0.39 is 0 Å². The van der Waals surface area contributed by atoms with Crippen LogP contribution < -0.4 is 9.47 Å². The molecular formula is C15H20N2O3. The summed E-state index contributed by atoms with van der Waals surface area (Å²) in [5.74, 6) is 2.14. The van der Waals surface area contributed by atoms with Crippen molar-refractivity contribution in [2.75, 3.05) is 33.5 Å². The molecule has 1 fully saturated rings. The minimum atomic E-state index is 0.293. The Bertz CT molecular complexity index is 490. The van der Waals surface area contributed by atoms with Gasteiger partial charge in [0.25, 0.3) is 0 Å². The van der Waals surface area contributed by atoms with Crippen LogP contribution in [0.3, 0.4) is 0 Å². The zero-order valence-electron chi connectivity index (χ0n) is 11.7. The molecular weight excluding hydrogens is 256 g/mol. The Labute approximate surface area is 119 Å². The third kappa shape index (κ3) is 3.22. The van der Waals surface area contributed by atoms with Crippen LogP contribution in [0.15, 0.2) is 23.4 Å². The maximum Gasteiger partial charge on any atom is 0.231 e. The maximum absolute atomic E-state index is 5.42. The van der Waals surface area contributed by atoms with Gasteiger partial charge in [0.1, 0.15) is 6.61 Å². The molecule has 5 heteroatoms. The summed E-state index contributed by atoms with van der Waals surface area (Å²) >= 11 is 0. The number of fused-ring (bicyclic) bond motifs is 1. The van der Waals surface area contributed by atoms with Crippen molar-refractivity contribution in [1.82, 2.24) is 4.90 Å². The summed E-state index contributed by atoms with van der Waals surface area (Å²) < 4.78 is 10.6. The number of nitrogens with zero attached hydrogens (tertiary/aromatic N) is 2. The topological polar surface area (TPSA) is 43.3 Å². The lowest BCUT2D eigenvalue weighted by Gasteiger charge is -2.28. The molecule has 0 spiro atoms. The fourth-order valence-electron chi connectivity index (χ4n) is 2.65. The summed E-state index contributed by atoms with van der Waals surface area (Å²) in [7, 11) is 2.15. The lowest BCUT2D eigenvalue weighted by atomic mass is 10.00. The first-order chi connectivity index (χ1) is 9.81. The Morgan fingerprint density at radius 2 is 2.30 bits per heavy atom. The predicted molar refractivity (Wildman–Crippen MR) is 76.3 cm³/mol. The Hall–Kier alpha value is -1.75. The highest BCUT2D eigenvalue weighted by molar-refractivity contribution is 5.80. The summed E-state index contributed by atoms with van der Waals surface area (Å²) in [6, 6.07) is 5.73. The van der Waals surface area contributed by atoms with Crippen molar-refractivity contribution in [2.45, 2.75) is 12.8 Å². The molecule has 20 heavy (non-hydrogen) atoms. The average molecular weight is 276 g/mol. The quantitative estimate of drug-likeness (QED) is 0.624. The first-order valence-corrected chi connectivity index (χ1v) is 7.05. The number of likely N-dealkylation sites (tertiary alicyclic amines) is 1. The van der Waals surface area contributed by atoms with Gasteiger partial charge in [0.2, 0.25) is 6.79 Å². The van der Waals surface area contributed by atoms with E-state index in [-0.39, 0.29) is 0 Å². The van der Waals surface area contributed by atoms with Gasteiger partial charge in [-0.3, -0.25) is 0 Å². The Morgan fingerprint density at radius 3 is 3.20 bits per heavy atom. The number of rotatable bonds is 4. The first kappa shape index (κ1) is 13.2. The van der Waals surface area contributed by atoms with Crippen molar-refractivity contribution in [3.63, 3.8) is 0 Å². The molecule has 3 rings (SSSR count). The molecule has 0 aromatic heterocycles. The van der Waals surface area contributed by atoms with Crippen molar-refractivity contribution in [3.05, 3.63) is 23.8 Å². The lowest BCUT2D eigenvalue weighted by Crippen LogP contribution is -2.33. The molecule has 2 heterocycles. The third-order valence-corrected chi connectivity index (χ3v) is 3.71. The van der Waals surface area contributed by atoms with Gasteiger partial charge >= 0.3 is 0 Å². The van der Waals surface area contributed by atoms with Gasteiger partial charge in [-0.15, -0.1) is 0 Å². The van der Waals surface area contributed by atoms with Crippen molar-refractivity contribution in [1.29, 1.82) is 0 Å². The van der Waals surface area contributed by atoms with E-state index in [0.29, 0.717) is 19.3 Å². The molecule has 0 radical (unpaired) electrons. The SMILES string of the molecule is CN1CCCC(CO/N=C/c2ccc3c(c2)OCO3)C1. The van der Waals surface area contributed by atoms with E-state index in [1.54, 1.807) is 6.21 Å². The van der Waals surface area contributed by atoms with Crippen molar-refractivity contribution >= 4 is 6.21 Å². The van der Waals surface area contributed by atoms with Crippen LogP contribution in [0.1, 0.15) is 18.4 Å². The molecule has 1 aromatic carbocycles. The van der Waals surface area contributed by atoms with Crippen LogP contribution in [-0.2, 0) is 4.84 Å². The fraction of sp³-hybridized carbons (Fsp3) is 0.533. The molecule has 1 unspecified atom stereocenters. The first-order valence-electron chi connectivity index (χ1n) is 7.05. The summed E-state index contributed by atoms with van der Waals surface area (Å²) in [5, 5.41) is 4.05. The lowest BCUT2D eigenvalue weighted by molar-refractivity contribution is 0.0731. The summed E-state index contributed by atoms with van der Waals surface area (Å²) in [5.41, 5.74) is 0.954. The van der Waals surface area contributed by atoms with Gasteiger partial charge < -0.3 is 19.2 Å². The highest BCUT2D eigenvalue weighted by Crippen LogP contribution is 2.31. The van der Waals surface area contributed by atoms with E-state index in [4.69, 9.17) is 14.3 Å². The number of benzene rings is 1. The van der Waals surface area contributed by atoms with Gasteiger partial charge in [-0.1, -0.05) is 5.16 Å². The Kier molecular flexibility index (Phi) is 4.06. The van der Waals surface area contributed by atoms with E-state index in [2.05, 4.69) is 17.1 Å². The van der Waals surface area contributed by atoms with Crippen LogP contribution in [0, 0.1) is 5.92 Å². The van der Waals surface area contributed by atoms with E-state index in [1.807, 2.05) is 18.2 Å². The summed E-state index contributed by atoms with van der Waals surface area (Å²) in [6.45, 7) is 3.27. The molecule has 0 saturated carbocycles. The van der Waals surface area contributed by atoms with Gasteiger partial charge in [-0.25, -0.2) is 0 Å². The van der Waals surface area contributed by atoms with Crippen LogP contribution in [0.2, 0.25) is 0 Å². The van der Waals surface area contributed by atoms with Crippen molar-refractivity contribution in [3.8, 4) is 11.5 Å². The zero-order valence-corrected chi connectivity index (χ0v) is 11.7. The van der Waals surface area contributed by atoms with Gasteiger partial charge in [0.05, 0.1) is 6.21 Å². The molecule has 2 aliphatic heterocycles. The molecule has 1 aromatic rings. The molecule has 0 amide bonds. The van der Waals surface area contributed by atoms with Crippen LogP contribution in [0.25, 0.3) is 0 Å². The molecule has 0 N–H and O–H groups in total. The molecule has 0 bridgehead atoms. The minimum absolute atomic E-state index is 0.293. The summed E-state index contributed by atoms with van der Waals surface area (Å²) in [4.78, 5) is 7.76. The van der Waals surface area contributed by atoms with E-state index >= 15 is 0 Å². The smallest absolute Gasteiger partial charge is 0.231 e. The second-order valence-corrected chi connectivity index (χ2v) is 5.41. The van der Waals surface area contributed by atoms with Gasteiger partial charge in [-0.2, -0.15) is 0 Å². The molecule has 108 valence electrons. The van der Waals surface area contributed by atoms with Crippen LogP contribution in [-0.4, -0.2) is 44.7 Å². The summed E-state index contributed by atoms with van der Waals surface area (Å²) in [6.07, 6.45) is 4.19. The molecule has 1 atom stereocenters. The van der Waals surface area contributed by atoms with Gasteiger partial charge in [0, 0.05) is 18.0 Å². The van der Waals surface area contributed by atoms with Gasteiger partial charge in [0.15, 0.2) is 11.5 Å². The number of hydrogen-bond donors (Lipinski definition) is 0. The van der Waals surface area contributed by atoms with Crippen molar-refractivity contribution < 1.29 is 14.3 Å². The molecule has 0 aliphatic carbocycles. The van der Waals surface area contributed by atoms with Gasteiger partial charge in [-0.05, 0) is 44.6 Å². The molecule has 5 nitrogen and oxygen atoms in total. The Morgan fingerprint density at radius 1 is 1.40 bits per heavy atom. The fourth-order valence-corrected chi connectivity index (χ4v) is 2.65. The van der Waals surface area contributed by atoms with E-state index in [0.717, 1.165) is 23.6 Å². The standard InChI is InChI=1S/C15H20N2O3/c1-17-6-2-3-13(9-17)10-20-16-8-12-4-5-14-15(7-12)19-11-18-14/h4-5,7-8,13H,2-3,6,9-11H2,1H3/b16-8+. The predicted octanol–water partition coefficient (Wildman–Crippen LogP) is 2.11. The highest BCUT2D eigenvalue weighted by atomic mass is 16.7. The normalized spacial score (nSPS) is 22.4. The number of oxime groups is 1. The van der Waals surface area contributed by atoms with E-state index in [9.17, 15) is 0 Å². The minimum Gasteiger partial charge on any atom is -0.454 e. The monoisotopic (exact) mass is 276 g/mol. The largest absolute Gasteiger partial charge is 0.454 e. The second kappa shape index (κ2) is 6.13. The van der Waals surface area contributed by atoms with Crippen LogP contribution in [0.5, 0.6) is 11.5 Å². The molecule has 1 saturated heterocycles. The van der Waals surface area contributed by atoms with Crippen LogP contribution in [0.4, 0.5) is 0 Å². The zero-order chi connectivity index (χ0) is 13.8. The third-order valence-electron chi connectivity index (χ3n) is 3.71. The highest BCUT2D eigenvalue weighted by Gasteiger charge is 2.17. The molecule has 2 aliphatic rings. The second-order valence-electron chi connectivity index (χ2n) is 5.41. The number of piperidine rings is 1. The van der Waals surface area contributed by atoms with E-state index in [1.165, 1.54) is 19.4 Å². The number of hydrogen-bond acceptors (Lipinski definition) is 5. The maximum atomic E-state index is 5.42. The van der Waals surface area contributed by atoms with Crippen LogP contribution >= 0.6 is 0 Å². The van der Waals surface area contributed by atoms with Crippen molar-refractivity contribution in [2.24, 2.45) is 11.1 Å². The average Bonchev–Trinajstić information content (AvgIpc) is 2.91. The number of ether oxygens (including phenoxy) is 2. The Balaban J connectivity index is 1.48.